The SMILES string of the molecule is O=C1CCC(N2Cc3cc(CN4CCN(c5ccc(/C(=C(/CCCl)c6ccccc6)c6ccc(O)cc6)cc5)CC4)cc(F)c3C2=O)C(=O)N1. The van der Waals surface area contributed by atoms with Crippen LogP contribution in [0.3, 0.4) is 0 Å². The van der Waals surface area contributed by atoms with Gasteiger partial charge in [0.1, 0.15) is 17.6 Å². The fourth-order valence-electron chi connectivity index (χ4n) is 7.36. The number of carbonyl (C=O) groups excluding carboxylic acids is 3. The predicted molar refractivity (Wildman–Crippen MR) is 192 cm³/mol. The summed E-state index contributed by atoms with van der Waals surface area (Å²) in [6.07, 6.45) is 1.08. The third kappa shape index (κ3) is 6.88. The zero-order valence-electron chi connectivity index (χ0n) is 27.6. The zero-order chi connectivity index (χ0) is 34.8. The Hall–Kier alpha value is -4.99. The van der Waals surface area contributed by atoms with Crippen molar-refractivity contribution in [2.75, 3.05) is 37.0 Å². The minimum absolute atomic E-state index is 0.0219. The molecular weight excluding hydrogens is 655 g/mol. The Balaban J connectivity index is 1.04. The first-order valence-electron chi connectivity index (χ1n) is 17.0. The number of aromatic hydroxyl groups is 1. The van der Waals surface area contributed by atoms with Crippen LogP contribution < -0.4 is 10.2 Å². The van der Waals surface area contributed by atoms with E-state index in [2.05, 4.69) is 51.5 Å². The second-order valence-corrected chi connectivity index (χ2v) is 13.4. The molecule has 1 unspecified atom stereocenters. The van der Waals surface area contributed by atoms with E-state index in [1.165, 1.54) is 11.0 Å². The number of carbonyl (C=O) groups is 3. The van der Waals surface area contributed by atoms with E-state index in [0.29, 0.717) is 24.4 Å². The average molecular weight is 693 g/mol. The summed E-state index contributed by atoms with van der Waals surface area (Å²) in [4.78, 5) is 43.1. The Morgan fingerprint density at radius 2 is 1.54 bits per heavy atom. The van der Waals surface area contributed by atoms with Crippen LogP contribution in [0.4, 0.5) is 10.1 Å². The lowest BCUT2D eigenvalue weighted by molar-refractivity contribution is -0.136. The molecule has 1 atom stereocenters. The largest absolute Gasteiger partial charge is 0.508 e. The van der Waals surface area contributed by atoms with Gasteiger partial charge < -0.3 is 14.9 Å². The van der Waals surface area contributed by atoms with Crippen molar-refractivity contribution in [3.8, 4) is 5.75 Å². The first-order chi connectivity index (χ1) is 24.3. The molecule has 256 valence electrons. The molecule has 2 saturated heterocycles. The lowest BCUT2D eigenvalue weighted by atomic mass is 9.88. The third-order valence-electron chi connectivity index (χ3n) is 9.86. The Morgan fingerprint density at radius 3 is 2.20 bits per heavy atom. The smallest absolute Gasteiger partial charge is 0.258 e. The summed E-state index contributed by atoms with van der Waals surface area (Å²) in [7, 11) is 0. The minimum Gasteiger partial charge on any atom is -0.508 e. The molecule has 0 saturated carbocycles. The van der Waals surface area contributed by atoms with Gasteiger partial charge in [0, 0.05) is 57.3 Å². The molecule has 3 aliphatic heterocycles. The molecule has 3 heterocycles. The molecule has 50 heavy (non-hydrogen) atoms. The van der Waals surface area contributed by atoms with E-state index in [1.807, 2.05) is 36.4 Å². The van der Waals surface area contributed by atoms with Crippen molar-refractivity contribution in [1.29, 1.82) is 0 Å². The van der Waals surface area contributed by atoms with Crippen LogP contribution >= 0.6 is 11.6 Å². The van der Waals surface area contributed by atoms with E-state index in [0.717, 1.165) is 65.3 Å². The topological polar surface area (TPSA) is 93.2 Å². The van der Waals surface area contributed by atoms with Gasteiger partial charge in [0.2, 0.25) is 11.8 Å². The van der Waals surface area contributed by atoms with Gasteiger partial charge in [-0.3, -0.25) is 24.6 Å². The Morgan fingerprint density at radius 1 is 0.860 bits per heavy atom. The van der Waals surface area contributed by atoms with E-state index < -0.39 is 23.7 Å². The van der Waals surface area contributed by atoms with Crippen LogP contribution in [0.15, 0.2) is 91.0 Å². The second-order valence-electron chi connectivity index (χ2n) is 13.0. The van der Waals surface area contributed by atoms with Crippen molar-refractivity contribution < 1.29 is 23.9 Å². The molecule has 3 amide bonds. The highest BCUT2D eigenvalue weighted by Gasteiger charge is 2.40. The van der Waals surface area contributed by atoms with E-state index in [1.54, 1.807) is 12.1 Å². The highest BCUT2D eigenvalue weighted by Crippen LogP contribution is 2.36. The summed E-state index contributed by atoms with van der Waals surface area (Å²) in [5, 5.41) is 12.3. The normalized spacial score (nSPS) is 18.6. The number of fused-ring (bicyclic) bond motifs is 1. The highest BCUT2D eigenvalue weighted by molar-refractivity contribution is 6.18. The summed E-state index contributed by atoms with van der Waals surface area (Å²) < 4.78 is 15.3. The number of benzene rings is 4. The van der Waals surface area contributed by atoms with E-state index in [4.69, 9.17) is 11.6 Å². The number of hydrogen-bond acceptors (Lipinski definition) is 6. The molecule has 2 fully saturated rings. The second kappa shape index (κ2) is 14.5. The molecule has 0 bridgehead atoms. The highest BCUT2D eigenvalue weighted by atomic mass is 35.5. The maximum absolute atomic E-state index is 15.3. The molecule has 2 N–H and O–H groups in total. The quantitative estimate of drug-likeness (QED) is 0.123. The van der Waals surface area contributed by atoms with Crippen LogP contribution in [-0.4, -0.2) is 70.7 Å². The lowest BCUT2D eigenvalue weighted by Crippen LogP contribution is -2.52. The molecule has 0 aromatic heterocycles. The fraction of sp³-hybridized carbons (Fsp3) is 0.275. The van der Waals surface area contributed by atoms with Gasteiger partial charge in [-0.1, -0.05) is 60.7 Å². The monoisotopic (exact) mass is 692 g/mol. The Kier molecular flexibility index (Phi) is 9.70. The van der Waals surface area contributed by atoms with E-state index >= 15 is 4.39 Å². The van der Waals surface area contributed by atoms with Crippen molar-refractivity contribution in [2.24, 2.45) is 0 Å². The van der Waals surface area contributed by atoms with Crippen molar-refractivity contribution >= 4 is 46.2 Å². The van der Waals surface area contributed by atoms with Crippen molar-refractivity contribution in [3.63, 3.8) is 0 Å². The molecule has 10 heteroatoms. The first kappa shape index (κ1) is 33.5. The molecule has 4 aromatic carbocycles. The predicted octanol–water partition coefficient (Wildman–Crippen LogP) is 6.20. The van der Waals surface area contributed by atoms with Gasteiger partial charge in [0.15, 0.2) is 0 Å². The van der Waals surface area contributed by atoms with Gasteiger partial charge in [-0.2, -0.15) is 0 Å². The molecule has 3 aliphatic rings. The number of phenols is 1. The number of allylic oxidation sites excluding steroid dienone is 1. The third-order valence-corrected chi connectivity index (χ3v) is 10.0. The van der Waals surface area contributed by atoms with Crippen LogP contribution in [-0.2, 0) is 22.7 Å². The zero-order valence-corrected chi connectivity index (χ0v) is 28.3. The number of nitrogens with zero attached hydrogens (tertiary/aromatic N) is 3. The molecule has 0 radical (unpaired) electrons. The summed E-state index contributed by atoms with van der Waals surface area (Å²) in [6, 6.07) is 28.7. The van der Waals surface area contributed by atoms with Crippen molar-refractivity contribution in [1.82, 2.24) is 15.1 Å². The number of hydrogen-bond donors (Lipinski definition) is 2. The van der Waals surface area contributed by atoms with Crippen LogP contribution in [0.2, 0.25) is 0 Å². The van der Waals surface area contributed by atoms with Crippen molar-refractivity contribution in [3.05, 3.63) is 130 Å². The molecular formula is C40H38ClFN4O4. The molecule has 4 aromatic rings. The van der Waals surface area contributed by atoms with Crippen molar-refractivity contribution in [2.45, 2.75) is 38.4 Å². The van der Waals surface area contributed by atoms with Gasteiger partial charge in [-0.15, -0.1) is 11.6 Å². The molecule has 0 spiro atoms. The first-order valence-corrected chi connectivity index (χ1v) is 17.5. The number of phenolic OH excluding ortho intramolecular Hbond substituents is 1. The van der Waals surface area contributed by atoms with Crippen LogP contribution in [0, 0.1) is 5.82 Å². The molecule has 0 aliphatic carbocycles. The van der Waals surface area contributed by atoms with Gasteiger partial charge in [0.05, 0.1) is 5.56 Å². The van der Waals surface area contributed by atoms with E-state index in [9.17, 15) is 19.5 Å². The van der Waals surface area contributed by atoms with Crippen LogP contribution in [0.5, 0.6) is 5.75 Å². The number of imide groups is 1. The number of anilines is 1. The number of rotatable bonds is 9. The summed E-state index contributed by atoms with van der Waals surface area (Å²) in [6.45, 7) is 3.88. The minimum atomic E-state index is -0.774. The number of amides is 3. The number of piperidine rings is 1. The van der Waals surface area contributed by atoms with Crippen LogP contribution in [0.25, 0.3) is 11.1 Å². The summed E-state index contributed by atoms with van der Waals surface area (Å²) >= 11 is 6.32. The standard InChI is InChI=1S/C40H38ClFN4O4/c41-17-16-33(27-4-2-1-3-5-27)37(29-8-12-32(47)13-9-29)28-6-10-31(11-7-28)45-20-18-44(19-21-45)24-26-22-30-25-46(40(50)38(30)34(42)23-26)35-14-15-36(48)43-39(35)49/h1-13,22-23,35,47H,14-21,24-25H2,(H,43,48,49)/b37-33+. The molecule has 7 rings (SSSR count). The van der Waals surface area contributed by atoms with Gasteiger partial charge in [-0.05, 0) is 82.1 Å². The van der Waals surface area contributed by atoms with E-state index in [-0.39, 0.29) is 36.6 Å². The number of piperazine rings is 1. The fourth-order valence-corrected chi connectivity index (χ4v) is 7.55. The maximum atomic E-state index is 15.3. The maximum Gasteiger partial charge on any atom is 0.258 e. The summed E-state index contributed by atoms with van der Waals surface area (Å²) in [5.41, 5.74) is 7.91. The molecule has 8 nitrogen and oxygen atoms in total. The Bertz CT molecular complexity index is 1940. The number of nitrogens with one attached hydrogen (secondary N) is 1. The lowest BCUT2D eigenvalue weighted by Gasteiger charge is -2.36. The summed E-state index contributed by atoms with van der Waals surface area (Å²) in [5.74, 6) is -1.24. The van der Waals surface area contributed by atoms with Gasteiger partial charge >= 0.3 is 0 Å². The number of alkyl halides is 1. The van der Waals surface area contributed by atoms with Gasteiger partial charge in [-0.25, -0.2) is 4.39 Å². The van der Waals surface area contributed by atoms with Crippen LogP contribution in [0.1, 0.15) is 57.4 Å². The van der Waals surface area contributed by atoms with Gasteiger partial charge in [0.25, 0.3) is 5.91 Å². The average Bonchev–Trinajstić information content (AvgIpc) is 3.45. The number of halogens is 2. The Labute approximate surface area is 295 Å².